The molecule has 0 unspecified atom stereocenters. The molecule has 1 aromatic heterocycles. The number of nitro groups is 2. The van der Waals surface area contributed by atoms with Crippen LogP contribution in [0, 0.1) is 27.2 Å². The zero-order valence-electron chi connectivity index (χ0n) is 16.2. The van der Waals surface area contributed by atoms with Crippen LogP contribution in [-0.2, 0) is 4.79 Å². The van der Waals surface area contributed by atoms with Crippen molar-refractivity contribution in [2.24, 2.45) is 5.10 Å². The highest BCUT2D eigenvalue weighted by molar-refractivity contribution is 5.81. The fourth-order valence-electron chi connectivity index (χ4n) is 2.59. The molecule has 0 aliphatic carbocycles. The van der Waals surface area contributed by atoms with Crippen LogP contribution in [0.4, 0.5) is 11.4 Å². The number of nitrogens with zero attached hydrogens (tertiary/aromatic N) is 3. The summed E-state index contributed by atoms with van der Waals surface area (Å²) in [4.78, 5) is 32.7. The number of hydrogen-bond acceptors (Lipinski definition) is 8. The predicted octanol–water partition coefficient (Wildman–Crippen LogP) is 3.60. The molecule has 1 N–H and O–H groups in total. The van der Waals surface area contributed by atoms with Gasteiger partial charge in [0.05, 0.1) is 16.1 Å². The number of ether oxygens (including phenoxy) is 1. The van der Waals surface area contributed by atoms with Crippen molar-refractivity contribution in [3.63, 3.8) is 0 Å². The number of hydrogen-bond donors (Lipinski definition) is 1. The summed E-state index contributed by atoms with van der Waals surface area (Å²) in [6.45, 7) is 1.23. The second kappa shape index (κ2) is 9.31. The van der Waals surface area contributed by atoms with Crippen molar-refractivity contribution in [2.45, 2.75) is 6.92 Å². The quantitative estimate of drug-likeness (QED) is 0.330. The first-order valence-corrected chi connectivity index (χ1v) is 8.88. The number of aryl methyl sites for hydroxylation is 1. The average molecular weight is 424 g/mol. The number of carbonyl (C=O) groups excluding carboxylic acids is 1. The Bertz CT molecular complexity index is 1170. The maximum Gasteiger partial charge on any atom is 0.311 e. The molecule has 0 bridgehead atoms. The molecule has 0 saturated heterocycles. The van der Waals surface area contributed by atoms with Crippen LogP contribution < -0.4 is 10.2 Å². The van der Waals surface area contributed by atoms with Crippen molar-refractivity contribution in [2.75, 3.05) is 6.61 Å². The van der Waals surface area contributed by atoms with Crippen LogP contribution in [0.15, 0.2) is 64.1 Å². The Kier molecular flexibility index (Phi) is 6.36. The molecule has 158 valence electrons. The van der Waals surface area contributed by atoms with Crippen molar-refractivity contribution < 1.29 is 23.8 Å². The summed E-state index contributed by atoms with van der Waals surface area (Å²) >= 11 is 0. The van der Waals surface area contributed by atoms with E-state index in [0.717, 1.165) is 0 Å². The van der Waals surface area contributed by atoms with Gasteiger partial charge in [-0.2, -0.15) is 5.10 Å². The number of rotatable bonds is 8. The van der Waals surface area contributed by atoms with Crippen molar-refractivity contribution in [3.05, 3.63) is 86.1 Å². The van der Waals surface area contributed by atoms with Crippen molar-refractivity contribution in [1.82, 2.24) is 5.43 Å². The zero-order valence-corrected chi connectivity index (χ0v) is 16.2. The summed E-state index contributed by atoms with van der Waals surface area (Å²) < 4.78 is 10.7. The fraction of sp³-hybridized carbons (Fsp3) is 0.100. The second-order valence-corrected chi connectivity index (χ2v) is 6.32. The second-order valence-electron chi connectivity index (χ2n) is 6.32. The van der Waals surface area contributed by atoms with Crippen LogP contribution in [0.25, 0.3) is 11.3 Å². The molecule has 3 rings (SSSR count). The molecular weight excluding hydrogens is 408 g/mol. The van der Waals surface area contributed by atoms with E-state index >= 15 is 0 Å². The summed E-state index contributed by atoms with van der Waals surface area (Å²) in [5.41, 5.74) is 3.13. The number of benzene rings is 2. The van der Waals surface area contributed by atoms with Gasteiger partial charge < -0.3 is 9.15 Å². The minimum Gasteiger partial charge on any atom is -0.477 e. The van der Waals surface area contributed by atoms with Gasteiger partial charge in [-0.25, -0.2) is 5.43 Å². The van der Waals surface area contributed by atoms with E-state index < -0.39 is 22.4 Å². The van der Waals surface area contributed by atoms with Gasteiger partial charge >= 0.3 is 5.69 Å². The maximum atomic E-state index is 11.9. The smallest absolute Gasteiger partial charge is 0.311 e. The third-order valence-corrected chi connectivity index (χ3v) is 4.02. The molecule has 11 heteroatoms. The zero-order chi connectivity index (χ0) is 22.4. The first-order chi connectivity index (χ1) is 14.8. The number of non-ortho nitro benzene ring substituents is 1. The van der Waals surface area contributed by atoms with E-state index in [1.54, 1.807) is 37.3 Å². The van der Waals surface area contributed by atoms with Crippen LogP contribution in [0.2, 0.25) is 0 Å². The lowest BCUT2D eigenvalue weighted by Gasteiger charge is -2.06. The molecular formula is C20H16N4O7. The minimum absolute atomic E-state index is 0.0256. The molecule has 0 radical (unpaired) electrons. The van der Waals surface area contributed by atoms with Crippen LogP contribution in [0.3, 0.4) is 0 Å². The van der Waals surface area contributed by atoms with Gasteiger partial charge in [-0.3, -0.25) is 25.0 Å². The lowest BCUT2D eigenvalue weighted by atomic mass is 10.1. The van der Waals surface area contributed by atoms with Gasteiger partial charge in [-0.05, 0) is 30.7 Å². The van der Waals surface area contributed by atoms with E-state index in [2.05, 4.69) is 10.5 Å². The summed E-state index contributed by atoms with van der Waals surface area (Å²) in [7, 11) is 0. The largest absolute Gasteiger partial charge is 0.477 e. The van der Waals surface area contributed by atoms with E-state index in [4.69, 9.17) is 9.15 Å². The Hall–Kier alpha value is -4.54. The highest BCUT2D eigenvalue weighted by atomic mass is 16.6. The third-order valence-electron chi connectivity index (χ3n) is 4.02. The SMILES string of the molecule is Cc1ccc(OCC(=O)N/N=C/c2ccc(-c3cccc([N+](=O)[O-])c3)o2)c([N+](=O)[O-])c1. The summed E-state index contributed by atoms with van der Waals surface area (Å²) in [5, 5.41) is 25.7. The van der Waals surface area contributed by atoms with Crippen molar-refractivity contribution >= 4 is 23.5 Å². The number of nitrogens with one attached hydrogen (secondary N) is 1. The Morgan fingerprint density at radius 3 is 2.68 bits per heavy atom. The van der Waals surface area contributed by atoms with Crippen LogP contribution >= 0.6 is 0 Å². The van der Waals surface area contributed by atoms with Gasteiger partial charge in [-0.15, -0.1) is 0 Å². The Morgan fingerprint density at radius 1 is 1.13 bits per heavy atom. The van der Waals surface area contributed by atoms with Gasteiger partial charge in [-0.1, -0.05) is 18.2 Å². The Balaban J connectivity index is 1.57. The summed E-state index contributed by atoms with van der Waals surface area (Å²) in [5.74, 6) is 0.0438. The molecule has 31 heavy (non-hydrogen) atoms. The topological polar surface area (TPSA) is 150 Å². The molecule has 1 amide bonds. The van der Waals surface area contributed by atoms with E-state index in [1.807, 2.05) is 0 Å². The number of amides is 1. The minimum atomic E-state index is -0.628. The maximum absolute atomic E-state index is 11.9. The highest BCUT2D eigenvalue weighted by Crippen LogP contribution is 2.27. The average Bonchev–Trinajstić information content (AvgIpc) is 3.21. The van der Waals surface area contributed by atoms with E-state index in [0.29, 0.717) is 22.6 Å². The first-order valence-electron chi connectivity index (χ1n) is 8.88. The molecule has 0 fully saturated rings. The molecule has 0 spiro atoms. The van der Waals surface area contributed by atoms with E-state index in [9.17, 15) is 25.0 Å². The fourth-order valence-corrected chi connectivity index (χ4v) is 2.59. The third kappa shape index (κ3) is 5.50. The number of nitro benzene ring substituents is 2. The first kappa shape index (κ1) is 21.2. The molecule has 1 heterocycles. The number of furan rings is 1. The van der Waals surface area contributed by atoms with Crippen molar-refractivity contribution in [3.8, 4) is 17.1 Å². The van der Waals surface area contributed by atoms with Crippen LogP contribution in [0.1, 0.15) is 11.3 Å². The van der Waals surface area contributed by atoms with Gasteiger partial charge in [0.25, 0.3) is 11.6 Å². The van der Waals surface area contributed by atoms with Gasteiger partial charge in [0.2, 0.25) is 0 Å². The van der Waals surface area contributed by atoms with Crippen LogP contribution in [0.5, 0.6) is 5.75 Å². The van der Waals surface area contributed by atoms with Gasteiger partial charge in [0, 0.05) is 23.8 Å². The number of carbonyl (C=O) groups is 1. The lowest BCUT2D eigenvalue weighted by Crippen LogP contribution is -2.24. The highest BCUT2D eigenvalue weighted by Gasteiger charge is 2.16. The predicted molar refractivity (Wildman–Crippen MR) is 110 cm³/mol. The molecule has 2 aromatic carbocycles. The number of hydrazone groups is 1. The molecule has 0 aliphatic heterocycles. The Labute approximate surface area is 175 Å². The van der Waals surface area contributed by atoms with E-state index in [-0.39, 0.29) is 17.1 Å². The van der Waals surface area contributed by atoms with Crippen molar-refractivity contribution in [1.29, 1.82) is 0 Å². The summed E-state index contributed by atoms with van der Waals surface area (Å²) in [6, 6.07) is 13.6. The molecule has 0 aliphatic rings. The monoisotopic (exact) mass is 424 g/mol. The van der Waals surface area contributed by atoms with Gasteiger partial charge in [0.15, 0.2) is 12.4 Å². The summed E-state index contributed by atoms with van der Waals surface area (Å²) in [6.07, 6.45) is 1.24. The standard InChI is InChI=1S/C20H16N4O7/c1-13-5-7-19(17(9-13)24(28)29)30-12-20(25)22-21-11-16-6-8-18(31-16)14-3-2-4-15(10-14)23(26)27/h2-11H,12H2,1H3,(H,22,25)/b21-11+. The lowest BCUT2D eigenvalue weighted by molar-refractivity contribution is -0.385. The normalized spacial score (nSPS) is 10.7. The molecule has 0 atom stereocenters. The molecule has 3 aromatic rings. The Morgan fingerprint density at radius 2 is 1.94 bits per heavy atom. The van der Waals surface area contributed by atoms with Gasteiger partial charge in [0.1, 0.15) is 11.5 Å². The molecule has 11 nitrogen and oxygen atoms in total. The van der Waals surface area contributed by atoms with Crippen LogP contribution in [-0.4, -0.2) is 28.6 Å². The van der Waals surface area contributed by atoms with E-state index in [1.165, 1.54) is 30.5 Å². The molecule has 0 saturated carbocycles.